The molecule has 126 valence electrons. The summed E-state index contributed by atoms with van der Waals surface area (Å²) in [5.74, 6) is 3.00. The quantitative estimate of drug-likeness (QED) is 0.713. The van der Waals surface area contributed by atoms with E-state index in [-0.39, 0.29) is 5.54 Å². The number of allylic oxidation sites excluding steroid dienone is 1. The molecule has 0 aliphatic heterocycles. The maximum absolute atomic E-state index is 4.44. The Kier molecular flexibility index (Phi) is 4.58. The summed E-state index contributed by atoms with van der Waals surface area (Å²) in [5, 5.41) is 3.86. The molecular weight excluding hydrogens is 278 g/mol. The van der Waals surface area contributed by atoms with Gasteiger partial charge in [0, 0.05) is 23.1 Å². The summed E-state index contributed by atoms with van der Waals surface area (Å²) in [6.07, 6.45) is 6.40. The van der Waals surface area contributed by atoms with Crippen LogP contribution in [0.5, 0.6) is 0 Å². The lowest BCUT2D eigenvalue weighted by Gasteiger charge is -2.40. The number of fused-ring (bicyclic) bond motifs is 1. The first-order valence-corrected chi connectivity index (χ1v) is 9.54. The minimum Gasteiger partial charge on any atom is -0.383 e. The first kappa shape index (κ1) is 16.6. The molecule has 1 N–H and O–H groups in total. The van der Waals surface area contributed by atoms with Crippen molar-refractivity contribution in [1.29, 1.82) is 0 Å². The molecule has 2 aliphatic rings. The van der Waals surface area contributed by atoms with Crippen molar-refractivity contribution in [1.82, 2.24) is 5.32 Å². The lowest BCUT2D eigenvalue weighted by molar-refractivity contribution is 0.309. The summed E-state index contributed by atoms with van der Waals surface area (Å²) in [4.78, 5) is 0. The zero-order valence-electron chi connectivity index (χ0n) is 15.4. The van der Waals surface area contributed by atoms with Crippen molar-refractivity contribution in [3.63, 3.8) is 0 Å². The van der Waals surface area contributed by atoms with E-state index >= 15 is 0 Å². The molecule has 0 amide bonds. The predicted octanol–water partition coefficient (Wildman–Crippen LogP) is 5.67. The minimum atomic E-state index is 0.0762. The first-order chi connectivity index (χ1) is 11.0. The van der Waals surface area contributed by atoms with Crippen LogP contribution < -0.4 is 5.32 Å². The lowest BCUT2D eigenvalue weighted by Crippen LogP contribution is -2.45. The summed E-state index contributed by atoms with van der Waals surface area (Å²) in [7, 11) is 0. The van der Waals surface area contributed by atoms with Crippen LogP contribution in [0.15, 0.2) is 36.5 Å². The molecule has 3 rings (SSSR count). The highest BCUT2D eigenvalue weighted by Gasteiger charge is 2.49. The van der Waals surface area contributed by atoms with Gasteiger partial charge in [-0.05, 0) is 56.1 Å². The van der Waals surface area contributed by atoms with Crippen LogP contribution in [0.1, 0.15) is 70.4 Å². The average Bonchev–Trinajstić information content (AvgIpc) is 3.27. The Bertz CT molecular complexity index is 561. The predicted molar refractivity (Wildman–Crippen MR) is 99.5 cm³/mol. The van der Waals surface area contributed by atoms with Crippen molar-refractivity contribution in [3.05, 3.63) is 47.7 Å². The number of rotatable bonds is 6. The highest BCUT2D eigenvalue weighted by molar-refractivity contribution is 5.35. The summed E-state index contributed by atoms with van der Waals surface area (Å²) in [5.41, 5.74) is 4.47. The second-order valence-electron chi connectivity index (χ2n) is 8.19. The third kappa shape index (κ3) is 3.07. The summed E-state index contributed by atoms with van der Waals surface area (Å²) < 4.78 is 0. The average molecular weight is 312 g/mol. The van der Waals surface area contributed by atoms with Crippen LogP contribution in [0.25, 0.3) is 0 Å². The van der Waals surface area contributed by atoms with Gasteiger partial charge < -0.3 is 5.32 Å². The molecule has 0 radical (unpaired) electrons. The molecule has 1 aromatic carbocycles. The van der Waals surface area contributed by atoms with Crippen molar-refractivity contribution in [2.24, 2.45) is 17.8 Å². The highest BCUT2D eigenvalue weighted by Crippen LogP contribution is 2.54. The van der Waals surface area contributed by atoms with Crippen LogP contribution in [0.3, 0.4) is 0 Å². The molecule has 1 nitrogen and oxygen atoms in total. The highest BCUT2D eigenvalue weighted by atomic mass is 15.0. The fourth-order valence-electron chi connectivity index (χ4n) is 5.16. The number of benzene rings is 1. The molecule has 2 aliphatic carbocycles. The molecule has 0 saturated heterocycles. The molecule has 1 aromatic rings. The Morgan fingerprint density at radius 3 is 2.48 bits per heavy atom. The zero-order chi connectivity index (χ0) is 16.6. The number of nitrogens with one attached hydrogen (secondary N) is 1. The zero-order valence-corrected chi connectivity index (χ0v) is 15.4. The van der Waals surface area contributed by atoms with Crippen LogP contribution in [-0.2, 0) is 6.42 Å². The molecule has 1 saturated carbocycles. The van der Waals surface area contributed by atoms with E-state index < -0.39 is 0 Å². The topological polar surface area (TPSA) is 12.0 Å². The van der Waals surface area contributed by atoms with E-state index in [1.165, 1.54) is 37.8 Å². The van der Waals surface area contributed by atoms with Crippen molar-refractivity contribution in [3.8, 4) is 0 Å². The van der Waals surface area contributed by atoms with Crippen LogP contribution in [0.4, 0.5) is 0 Å². The normalized spacial score (nSPS) is 29.7. The lowest BCUT2D eigenvalue weighted by atomic mass is 9.73. The molecule has 0 aromatic heterocycles. The Morgan fingerprint density at radius 2 is 1.83 bits per heavy atom. The number of aryl methyl sites for hydroxylation is 1. The fraction of sp³-hybridized carbons (Fsp3) is 0.636. The van der Waals surface area contributed by atoms with Gasteiger partial charge in [0.05, 0.1) is 0 Å². The Labute approximate surface area is 142 Å². The Morgan fingerprint density at radius 1 is 1.17 bits per heavy atom. The van der Waals surface area contributed by atoms with Gasteiger partial charge in [-0.15, -0.1) is 0 Å². The van der Waals surface area contributed by atoms with Crippen molar-refractivity contribution < 1.29 is 0 Å². The summed E-state index contributed by atoms with van der Waals surface area (Å²) in [6.45, 7) is 13.8. The van der Waals surface area contributed by atoms with Gasteiger partial charge in [0.15, 0.2) is 0 Å². The molecular formula is C22H33N. The molecule has 3 unspecified atom stereocenters. The van der Waals surface area contributed by atoms with E-state index in [1.807, 2.05) is 0 Å². The van der Waals surface area contributed by atoms with Gasteiger partial charge in [0.2, 0.25) is 0 Å². The maximum Gasteiger partial charge on any atom is 0.0382 e. The van der Waals surface area contributed by atoms with Crippen LogP contribution in [0.2, 0.25) is 0 Å². The summed E-state index contributed by atoms with van der Waals surface area (Å²) in [6, 6.07) is 9.03. The van der Waals surface area contributed by atoms with Crippen LogP contribution >= 0.6 is 0 Å². The standard InChI is InChI=1S/C22H33N/c1-6-17-18(7-2)21(17)15(3)23-22(4,5)20-14-10-12-16-11-8-9-13-19(16)20/h8-9,11,13,17-18,20-21,23H,3,6-7,10,12,14H2,1-2,4-5H3. The molecule has 3 atom stereocenters. The van der Waals surface area contributed by atoms with Gasteiger partial charge in [0.25, 0.3) is 0 Å². The van der Waals surface area contributed by atoms with Gasteiger partial charge in [-0.2, -0.15) is 0 Å². The van der Waals surface area contributed by atoms with E-state index in [1.54, 1.807) is 11.1 Å². The van der Waals surface area contributed by atoms with Gasteiger partial charge in [0.1, 0.15) is 0 Å². The maximum atomic E-state index is 4.44. The van der Waals surface area contributed by atoms with E-state index in [2.05, 4.69) is 63.9 Å². The Balaban J connectivity index is 1.74. The summed E-state index contributed by atoms with van der Waals surface area (Å²) >= 11 is 0. The van der Waals surface area contributed by atoms with Crippen molar-refractivity contribution in [2.75, 3.05) is 0 Å². The van der Waals surface area contributed by atoms with E-state index in [9.17, 15) is 0 Å². The SMILES string of the molecule is C=C(NC(C)(C)C1CCCc2ccccc21)C1C(CC)C1CC. The number of hydrogen-bond acceptors (Lipinski definition) is 1. The molecule has 23 heavy (non-hydrogen) atoms. The molecule has 1 heteroatoms. The molecule has 0 heterocycles. The fourth-order valence-corrected chi connectivity index (χ4v) is 5.16. The number of hydrogen-bond donors (Lipinski definition) is 1. The largest absolute Gasteiger partial charge is 0.383 e. The van der Waals surface area contributed by atoms with E-state index in [0.717, 1.165) is 11.8 Å². The van der Waals surface area contributed by atoms with E-state index in [0.29, 0.717) is 11.8 Å². The van der Waals surface area contributed by atoms with Gasteiger partial charge in [-0.3, -0.25) is 0 Å². The first-order valence-electron chi connectivity index (χ1n) is 9.54. The molecule has 0 spiro atoms. The van der Waals surface area contributed by atoms with Crippen LogP contribution in [0, 0.1) is 17.8 Å². The second-order valence-corrected chi connectivity index (χ2v) is 8.19. The van der Waals surface area contributed by atoms with E-state index in [4.69, 9.17) is 0 Å². The monoisotopic (exact) mass is 311 g/mol. The smallest absolute Gasteiger partial charge is 0.0382 e. The second kappa shape index (κ2) is 6.34. The van der Waals surface area contributed by atoms with Crippen molar-refractivity contribution >= 4 is 0 Å². The van der Waals surface area contributed by atoms with Crippen LogP contribution in [-0.4, -0.2) is 5.54 Å². The van der Waals surface area contributed by atoms with Gasteiger partial charge >= 0.3 is 0 Å². The third-order valence-electron chi connectivity index (χ3n) is 6.40. The Hall–Kier alpha value is -1.24. The van der Waals surface area contributed by atoms with Crippen molar-refractivity contribution in [2.45, 2.75) is 71.3 Å². The van der Waals surface area contributed by atoms with Gasteiger partial charge in [-0.25, -0.2) is 0 Å². The third-order valence-corrected chi connectivity index (χ3v) is 6.40. The molecule has 1 fully saturated rings. The molecule has 0 bridgehead atoms. The van der Waals surface area contributed by atoms with Gasteiger partial charge in [-0.1, -0.05) is 57.5 Å². The minimum absolute atomic E-state index is 0.0762.